The summed E-state index contributed by atoms with van der Waals surface area (Å²) in [7, 11) is 0. The van der Waals surface area contributed by atoms with E-state index >= 15 is 0 Å². The molecule has 2 heterocycles. The lowest BCUT2D eigenvalue weighted by Crippen LogP contribution is -2.32. The monoisotopic (exact) mass is 244 g/mol. The standard InChI is InChI=1S/C10H15N3O4/c1-5(14)9-6(15)4-8(17-9)13-3-2-7(11)12-10(13)16/h2-3,5-6,8-9,14-15H,4H2,1H3,(H2,11,12,16)/t5?,6-,8+,9+/m0/s1/i4D2,8D. The summed E-state index contributed by atoms with van der Waals surface area (Å²) in [6, 6.07) is 1.21. The van der Waals surface area contributed by atoms with Crippen LogP contribution in [0.15, 0.2) is 17.1 Å². The van der Waals surface area contributed by atoms with E-state index in [0.29, 0.717) is 4.57 Å². The van der Waals surface area contributed by atoms with Gasteiger partial charge in [-0.25, -0.2) is 4.79 Å². The van der Waals surface area contributed by atoms with E-state index in [-0.39, 0.29) is 5.82 Å². The first kappa shape index (κ1) is 8.62. The Labute approximate surface area is 102 Å². The number of nitrogens with two attached hydrogens (primary N) is 1. The second-order valence-electron chi connectivity index (χ2n) is 3.72. The minimum atomic E-state index is -2.63. The van der Waals surface area contributed by atoms with Crippen molar-refractivity contribution in [2.45, 2.75) is 37.8 Å². The topological polar surface area (TPSA) is 111 Å². The van der Waals surface area contributed by atoms with Crippen molar-refractivity contribution < 1.29 is 19.1 Å². The third-order valence-corrected chi connectivity index (χ3v) is 2.35. The highest BCUT2D eigenvalue weighted by Crippen LogP contribution is 2.29. The molecule has 0 bridgehead atoms. The smallest absolute Gasteiger partial charge is 0.351 e. The number of aromatic nitrogens is 2. The molecule has 1 saturated heterocycles. The molecule has 1 aromatic heterocycles. The largest absolute Gasteiger partial charge is 0.391 e. The first-order valence-corrected chi connectivity index (χ1v) is 5.01. The molecular formula is C10H15N3O4. The number of aliphatic hydroxyl groups excluding tert-OH is 2. The molecule has 1 aliphatic heterocycles. The van der Waals surface area contributed by atoms with Crippen molar-refractivity contribution in [3.8, 4) is 0 Å². The van der Waals surface area contributed by atoms with Crippen LogP contribution in [0.5, 0.6) is 0 Å². The quantitative estimate of drug-likeness (QED) is 0.606. The number of hydrogen-bond acceptors (Lipinski definition) is 6. The minimum Gasteiger partial charge on any atom is -0.391 e. The first-order chi connectivity index (χ1) is 9.11. The molecule has 1 aliphatic rings. The van der Waals surface area contributed by atoms with Crippen molar-refractivity contribution in [3.63, 3.8) is 0 Å². The number of nitrogens with zero attached hydrogens (tertiary/aromatic N) is 2. The van der Waals surface area contributed by atoms with Crippen molar-refractivity contribution in [2.24, 2.45) is 0 Å². The lowest BCUT2D eigenvalue weighted by atomic mass is 10.1. The molecule has 0 aliphatic carbocycles. The summed E-state index contributed by atoms with van der Waals surface area (Å²) in [4.78, 5) is 15.2. The van der Waals surface area contributed by atoms with E-state index in [4.69, 9.17) is 14.6 Å². The van der Waals surface area contributed by atoms with Gasteiger partial charge in [0.05, 0.1) is 13.6 Å². The van der Waals surface area contributed by atoms with Crippen molar-refractivity contribution in [3.05, 3.63) is 22.7 Å². The Bertz CT molecular complexity index is 579. The van der Waals surface area contributed by atoms with Gasteiger partial charge in [-0.3, -0.25) is 4.57 Å². The number of rotatable bonds is 2. The van der Waals surface area contributed by atoms with E-state index in [1.165, 1.54) is 13.0 Å². The summed E-state index contributed by atoms with van der Waals surface area (Å²) < 4.78 is 29.5. The van der Waals surface area contributed by atoms with E-state index in [1.807, 2.05) is 0 Å². The van der Waals surface area contributed by atoms with Gasteiger partial charge in [-0.2, -0.15) is 4.98 Å². The Hall–Kier alpha value is -1.44. The van der Waals surface area contributed by atoms with E-state index in [0.717, 1.165) is 6.20 Å². The highest BCUT2D eigenvalue weighted by atomic mass is 16.5. The molecule has 2 rings (SSSR count). The summed E-state index contributed by atoms with van der Waals surface area (Å²) >= 11 is 0. The van der Waals surface area contributed by atoms with Gasteiger partial charge < -0.3 is 20.7 Å². The second kappa shape index (κ2) is 4.44. The summed E-state index contributed by atoms with van der Waals surface area (Å²) in [6.45, 7) is 1.29. The van der Waals surface area contributed by atoms with E-state index in [9.17, 15) is 15.0 Å². The van der Waals surface area contributed by atoms with Crippen LogP contribution in [0.1, 0.15) is 23.6 Å². The Morgan fingerprint density at radius 3 is 3.12 bits per heavy atom. The fraction of sp³-hybridized carbons (Fsp3) is 0.600. The molecule has 7 nitrogen and oxygen atoms in total. The molecule has 17 heavy (non-hydrogen) atoms. The lowest BCUT2D eigenvalue weighted by Gasteiger charge is -2.18. The first-order valence-electron chi connectivity index (χ1n) is 6.51. The predicted octanol–water partition coefficient (Wildman–Crippen LogP) is -1.15. The van der Waals surface area contributed by atoms with Crippen LogP contribution in [0.4, 0.5) is 5.82 Å². The van der Waals surface area contributed by atoms with Gasteiger partial charge >= 0.3 is 5.69 Å². The summed E-state index contributed by atoms with van der Waals surface area (Å²) in [5.74, 6) is -0.0824. The molecular weight excluding hydrogens is 226 g/mol. The molecule has 94 valence electrons. The van der Waals surface area contributed by atoms with Crippen LogP contribution in [0.3, 0.4) is 0 Å². The Balaban J connectivity index is 2.56. The van der Waals surface area contributed by atoms with Gasteiger partial charge in [-0.15, -0.1) is 0 Å². The van der Waals surface area contributed by atoms with Crippen LogP contribution in [-0.2, 0) is 4.74 Å². The summed E-state index contributed by atoms with van der Waals surface area (Å²) in [6.07, 6.45) is -8.45. The van der Waals surface area contributed by atoms with Crippen LogP contribution in [0, 0.1) is 0 Å². The van der Waals surface area contributed by atoms with Gasteiger partial charge in [-0.05, 0) is 13.0 Å². The average molecular weight is 244 g/mol. The molecule has 0 spiro atoms. The Morgan fingerprint density at radius 1 is 1.88 bits per heavy atom. The molecule has 1 unspecified atom stereocenters. The second-order valence-corrected chi connectivity index (χ2v) is 3.72. The minimum absolute atomic E-state index is 0.0824. The number of nitrogen functional groups attached to an aromatic ring is 1. The molecule has 1 aromatic rings. The van der Waals surface area contributed by atoms with E-state index in [2.05, 4.69) is 4.98 Å². The van der Waals surface area contributed by atoms with Gasteiger partial charge in [0.2, 0.25) is 0 Å². The van der Waals surface area contributed by atoms with Gasteiger partial charge in [-0.1, -0.05) is 0 Å². The highest BCUT2D eigenvalue weighted by molar-refractivity contribution is 5.23. The van der Waals surface area contributed by atoms with Gasteiger partial charge in [0, 0.05) is 15.3 Å². The van der Waals surface area contributed by atoms with Crippen molar-refractivity contribution in [1.82, 2.24) is 9.55 Å². The van der Waals surface area contributed by atoms with Crippen LogP contribution in [-0.4, -0.2) is 38.1 Å². The third-order valence-electron chi connectivity index (χ3n) is 2.35. The van der Waals surface area contributed by atoms with E-state index in [1.54, 1.807) is 0 Å². The van der Waals surface area contributed by atoms with Crippen LogP contribution >= 0.6 is 0 Å². The Kier molecular flexibility index (Phi) is 2.25. The molecule has 0 radical (unpaired) electrons. The predicted molar refractivity (Wildman–Crippen MR) is 59.1 cm³/mol. The molecule has 1 fully saturated rings. The molecule has 0 amide bonds. The summed E-state index contributed by atoms with van der Waals surface area (Å²) in [5, 5.41) is 19.4. The maximum atomic E-state index is 11.8. The maximum Gasteiger partial charge on any atom is 0.351 e. The zero-order valence-electron chi connectivity index (χ0n) is 12.1. The van der Waals surface area contributed by atoms with Crippen LogP contribution < -0.4 is 11.4 Å². The SMILES string of the molecule is [2H]C1([2H])[C@H](O)[C@@H](C(C)O)O[C@@]1([2H])n1ccc(N)nc1=O. The summed E-state index contributed by atoms with van der Waals surface area (Å²) in [5.41, 5.74) is 4.35. The van der Waals surface area contributed by atoms with Gasteiger partial charge in [0.15, 0.2) is 0 Å². The molecule has 7 heteroatoms. The Morgan fingerprint density at radius 2 is 2.59 bits per heavy atom. The van der Waals surface area contributed by atoms with Crippen molar-refractivity contribution in [2.75, 3.05) is 5.73 Å². The van der Waals surface area contributed by atoms with Crippen LogP contribution in [0.2, 0.25) is 0 Å². The number of anilines is 1. The van der Waals surface area contributed by atoms with E-state index < -0.39 is 36.6 Å². The van der Waals surface area contributed by atoms with Crippen molar-refractivity contribution >= 4 is 5.82 Å². The average Bonchev–Trinajstić information content (AvgIpc) is 2.50. The molecule has 4 atom stereocenters. The highest BCUT2D eigenvalue weighted by Gasteiger charge is 2.38. The third kappa shape index (κ3) is 2.31. The van der Waals surface area contributed by atoms with Gasteiger partial charge in [0.1, 0.15) is 18.1 Å². The number of hydrogen-bond donors (Lipinski definition) is 3. The lowest BCUT2D eigenvalue weighted by molar-refractivity contribution is -0.0770. The number of ether oxygens (including phenoxy) is 1. The zero-order chi connectivity index (χ0) is 15.3. The number of aliphatic hydroxyl groups is 2. The molecule has 0 saturated carbocycles. The molecule has 4 N–H and O–H groups in total. The zero-order valence-corrected chi connectivity index (χ0v) is 9.07. The maximum absolute atomic E-state index is 11.8. The fourth-order valence-electron chi connectivity index (χ4n) is 1.50. The van der Waals surface area contributed by atoms with Gasteiger partial charge in [0.25, 0.3) is 0 Å². The fourth-order valence-corrected chi connectivity index (χ4v) is 1.50. The van der Waals surface area contributed by atoms with Crippen LogP contribution in [0.25, 0.3) is 0 Å². The molecule has 0 aromatic carbocycles. The normalized spacial score (nSPS) is 40.3. The van der Waals surface area contributed by atoms with Crippen molar-refractivity contribution in [1.29, 1.82) is 0 Å².